The van der Waals surface area contributed by atoms with E-state index in [0.29, 0.717) is 6.54 Å². The van der Waals surface area contributed by atoms with E-state index >= 15 is 0 Å². The molecular weight excluding hydrogens is 308 g/mol. The number of halogens is 1. The molecule has 4 rings (SSSR count). The Labute approximate surface area is 138 Å². The standard InChI is InChI=1S/C18H13ClN4/c19-18-20-11-15-16(14-9-5-2-6-10-14)22-23(17(15)21-18)12-13-7-3-1-4-8-13/h1-11H,12H2. The first-order chi connectivity index (χ1) is 11.3. The highest BCUT2D eigenvalue weighted by Crippen LogP contribution is 2.27. The van der Waals surface area contributed by atoms with Crippen molar-refractivity contribution in [3.63, 3.8) is 0 Å². The Bertz CT molecular complexity index is 949. The summed E-state index contributed by atoms with van der Waals surface area (Å²) in [5, 5.41) is 5.88. The zero-order valence-electron chi connectivity index (χ0n) is 12.2. The van der Waals surface area contributed by atoms with Gasteiger partial charge in [-0.1, -0.05) is 60.7 Å². The van der Waals surface area contributed by atoms with Crippen LogP contribution in [0.25, 0.3) is 22.3 Å². The van der Waals surface area contributed by atoms with Gasteiger partial charge in [0.15, 0.2) is 5.65 Å². The molecular formula is C18H13ClN4. The van der Waals surface area contributed by atoms with Crippen LogP contribution in [0.2, 0.25) is 5.28 Å². The lowest BCUT2D eigenvalue weighted by molar-refractivity contribution is 0.706. The van der Waals surface area contributed by atoms with Crippen LogP contribution in [0, 0.1) is 0 Å². The average molecular weight is 321 g/mol. The van der Waals surface area contributed by atoms with Gasteiger partial charge in [0, 0.05) is 11.8 Å². The van der Waals surface area contributed by atoms with E-state index in [1.165, 1.54) is 0 Å². The molecule has 0 fully saturated rings. The zero-order chi connectivity index (χ0) is 15.6. The zero-order valence-corrected chi connectivity index (χ0v) is 13.0. The molecule has 0 unspecified atom stereocenters. The molecule has 112 valence electrons. The van der Waals surface area contributed by atoms with E-state index in [9.17, 15) is 0 Å². The Morgan fingerprint density at radius 3 is 2.35 bits per heavy atom. The summed E-state index contributed by atoms with van der Waals surface area (Å²) >= 11 is 5.99. The van der Waals surface area contributed by atoms with Crippen LogP contribution in [0.4, 0.5) is 0 Å². The van der Waals surface area contributed by atoms with Gasteiger partial charge in [-0.05, 0) is 17.2 Å². The smallest absolute Gasteiger partial charge is 0.224 e. The van der Waals surface area contributed by atoms with E-state index in [-0.39, 0.29) is 5.28 Å². The van der Waals surface area contributed by atoms with Crippen molar-refractivity contribution < 1.29 is 0 Å². The summed E-state index contributed by atoms with van der Waals surface area (Å²) < 4.78 is 1.88. The number of nitrogens with zero attached hydrogens (tertiary/aromatic N) is 4. The maximum atomic E-state index is 5.99. The molecule has 0 amide bonds. The Hall–Kier alpha value is -2.72. The van der Waals surface area contributed by atoms with Crippen molar-refractivity contribution in [2.75, 3.05) is 0 Å². The summed E-state index contributed by atoms with van der Waals surface area (Å²) in [6.07, 6.45) is 1.74. The van der Waals surface area contributed by atoms with Crippen LogP contribution in [0.1, 0.15) is 5.56 Å². The highest BCUT2D eigenvalue weighted by atomic mass is 35.5. The second-order valence-electron chi connectivity index (χ2n) is 5.23. The van der Waals surface area contributed by atoms with Gasteiger partial charge < -0.3 is 0 Å². The molecule has 0 spiro atoms. The van der Waals surface area contributed by atoms with Gasteiger partial charge >= 0.3 is 0 Å². The van der Waals surface area contributed by atoms with Crippen LogP contribution < -0.4 is 0 Å². The van der Waals surface area contributed by atoms with Crippen molar-refractivity contribution in [1.29, 1.82) is 0 Å². The normalized spacial score (nSPS) is 11.0. The monoisotopic (exact) mass is 320 g/mol. The summed E-state index contributed by atoms with van der Waals surface area (Å²) in [5.41, 5.74) is 3.81. The third-order valence-electron chi connectivity index (χ3n) is 3.68. The summed E-state index contributed by atoms with van der Waals surface area (Å²) in [5.74, 6) is 0. The highest BCUT2D eigenvalue weighted by Gasteiger charge is 2.14. The molecule has 0 aliphatic carbocycles. The molecule has 2 aromatic heterocycles. The van der Waals surface area contributed by atoms with Gasteiger partial charge in [0.25, 0.3) is 0 Å². The molecule has 2 aromatic carbocycles. The van der Waals surface area contributed by atoms with Crippen molar-refractivity contribution in [3.05, 3.63) is 77.7 Å². The fourth-order valence-electron chi connectivity index (χ4n) is 2.61. The van der Waals surface area contributed by atoms with Crippen LogP contribution in [0.15, 0.2) is 66.9 Å². The van der Waals surface area contributed by atoms with Crippen LogP contribution in [0.5, 0.6) is 0 Å². The molecule has 0 bridgehead atoms. The number of benzene rings is 2. The molecule has 5 heteroatoms. The van der Waals surface area contributed by atoms with Crippen molar-refractivity contribution in [2.45, 2.75) is 6.54 Å². The molecule has 4 aromatic rings. The van der Waals surface area contributed by atoms with Crippen LogP contribution >= 0.6 is 11.6 Å². The fourth-order valence-corrected chi connectivity index (χ4v) is 2.74. The minimum atomic E-state index is 0.228. The van der Waals surface area contributed by atoms with Crippen molar-refractivity contribution in [3.8, 4) is 11.3 Å². The molecule has 0 radical (unpaired) electrons. The van der Waals surface area contributed by atoms with Crippen LogP contribution in [-0.4, -0.2) is 19.7 Å². The lowest BCUT2D eigenvalue weighted by Gasteiger charge is -2.02. The lowest BCUT2D eigenvalue weighted by atomic mass is 10.1. The Morgan fingerprint density at radius 1 is 0.913 bits per heavy atom. The topological polar surface area (TPSA) is 43.6 Å². The average Bonchev–Trinajstić information content (AvgIpc) is 2.94. The molecule has 4 nitrogen and oxygen atoms in total. The van der Waals surface area contributed by atoms with E-state index in [4.69, 9.17) is 16.7 Å². The summed E-state index contributed by atoms with van der Waals surface area (Å²) in [4.78, 5) is 8.49. The van der Waals surface area contributed by atoms with E-state index in [0.717, 1.165) is 27.9 Å². The maximum Gasteiger partial charge on any atom is 0.224 e. The maximum absolute atomic E-state index is 5.99. The largest absolute Gasteiger partial charge is 0.242 e. The lowest BCUT2D eigenvalue weighted by Crippen LogP contribution is -2.03. The fraction of sp³-hybridized carbons (Fsp3) is 0.0556. The highest BCUT2D eigenvalue weighted by molar-refractivity contribution is 6.28. The van der Waals surface area contributed by atoms with Crippen molar-refractivity contribution in [2.24, 2.45) is 0 Å². The molecule has 0 N–H and O–H groups in total. The van der Waals surface area contributed by atoms with Gasteiger partial charge in [-0.3, -0.25) is 0 Å². The second-order valence-corrected chi connectivity index (χ2v) is 5.57. The van der Waals surface area contributed by atoms with Gasteiger partial charge in [-0.25, -0.2) is 9.67 Å². The Balaban J connectivity index is 1.89. The molecule has 0 atom stereocenters. The number of hydrogen-bond donors (Lipinski definition) is 0. The molecule has 0 saturated carbocycles. The molecule has 0 aliphatic heterocycles. The third-order valence-corrected chi connectivity index (χ3v) is 3.86. The van der Waals surface area contributed by atoms with Gasteiger partial charge in [-0.2, -0.15) is 10.1 Å². The van der Waals surface area contributed by atoms with Gasteiger partial charge in [0.2, 0.25) is 5.28 Å². The molecule has 0 saturated heterocycles. The van der Waals surface area contributed by atoms with E-state index < -0.39 is 0 Å². The Kier molecular flexibility index (Phi) is 3.52. The minimum absolute atomic E-state index is 0.228. The quantitative estimate of drug-likeness (QED) is 0.531. The van der Waals surface area contributed by atoms with Crippen molar-refractivity contribution >= 4 is 22.6 Å². The van der Waals surface area contributed by atoms with E-state index in [2.05, 4.69) is 22.1 Å². The predicted molar refractivity (Wildman–Crippen MR) is 91.3 cm³/mol. The SMILES string of the molecule is Clc1ncc2c(-c3ccccc3)nn(Cc3ccccc3)c2n1. The Morgan fingerprint density at radius 2 is 1.61 bits per heavy atom. The number of fused-ring (bicyclic) bond motifs is 1. The van der Waals surface area contributed by atoms with Crippen molar-refractivity contribution in [1.82, 2.24) is 19.7 Å². The first-order valence-corrected chi connectivity index (χ1v) is 7.67. The van der Waals surface area contributed by atoms with E-state index in [1.807, 2.05) is 53.2 Å². The third kappa shape index (κ3) is 2.69. The van der Waals surface area contributed by atoms with Crippen LogP contribution in [-0.2, 0) is 6.54 Å². The van der Waals surface area contributed by atoms with E-state index in [1.54, 1.807) is 6.20 Å². The van der Waals surface area contributed by atoms with Crippen LogP contribution in [0.3, 0.4) is 0 Å². The summed E-state index contributed by atoms with van der Waals surface area (Å²) in [6, 6.07) is 20.2. The van der Waals surface area contributed by atoms with Gasteiger partial charge in [-0.15, -0.1) is 0 Å². The number of aromatic nitrogens is 4. The number of hydrogen-bond acceptors (Lipinski definition) is 3. The first-order valence-electron chi connectivity index (χ1n) is 7.30. The molecule has 0 aliphatic rings. The summed E-state index contributed by atoms with van der Waals surface area (Å²) in [7, 11) is 0. The minimum Gasteiger partial charge on any atom is -0.242 e. The second kappa shape index (κ2) is 5.82. The first kappa shape index (κ1) is 13.9. The molecule has 23 heavy (non-hydrogen) atoms. The van der Waals surface area contributed by atoms with Gasteiger partial charge in [0.1, 0.15) is 5.69 Å². The predicted octanol–water partition coefficient (Wildman–Crippen LogP) is 4.20. The van der Waals surface area contributed by atoms with Gasteiger partial charge in [0.05, 0.1) is 11.9 Å². The number of rotatable bonds is 3. The summed E-state index contributed by atoms with van der Waals surface area (Å²) in [6.45, 7) is 0.636. The molecule has 2 heterocycles.